The van der Waals surface area contributed by atoms with Crippen molar-refractivity contribution in [1.82, 2.24) is 0 Å². The highest BCUT2D eigenvalue weighted by Crippen LogP contribution is 2.26. The molecule has 0 aromatic heterocycles. The number of hydrogen-bond acceptors (Lipinski definition) is 0. The van der Waals surface area contributed by atoms with E-state index in [0.29, 0.717) is 0 Å². The van der Waals surface area contributed by atoms with E-state index in [4.69, 9.17) is 0 Å². The van der Waals surface area contributed by atoms with E-state index in [1.165, 1.54) is 119 Å². The number of aryl methyl sites for hydroxylation is 2. The summed E-state index contributed by atoms with van der Waals surface area (Å²) in [6, 6.07) is 36.1. The molecular weight excluding hydrogens is 553 g/mol. The van der Waals surface area contributed by atoms with Crippen molar-refractivity contribution in [2.45, 2.75) is 78.1 Å². The number of benzene rings is 5. The molecule has 0 aliphatic heterocycles. The van der Waals surface area contributed by atoms with Gasteiger partial charge in [0.25, 0.3) is 0 Å². The fourth-order valence-electron chi connectivity index (χ4n) is 6.01. The normalized spacial score (nSPS) is 12.2. The Hall–Kier alpha value is -4.42. The Balaban J connectivity index is 1.15. The number of fused-ring (bicyclic) bond motifs is 2. The van der Waals surface area contributed by atoms with Gasteiger partial charge in [0.15, 0.2) is 0 Å². The first-order chi connectivity index (χ1) is 22.7. The summed E-state index contributed by atoms with van der Waals surface area (Å²) in [5, 5.41) is 5.08. The molecule has 0 amide bonds. The topological polar surface area (TPSA) is 0 Å². The third kappa shape index (κ3) is 10.3. The summed E-state index contributed by atoms with van der Waals surface area (Å²) in [6.07, 6.45) is 30.2. The minimum atomic E-state index is 1.19. The Labute approximate surface area is 277 Å². The molecule has 0 heterocycles. The summed E-state index contributed by atoms with van der Waals surface area (Å²) < 4.78 is 0. The zero-order chi connectivity index (χ0) is 31.8. The zero-order valence-electron chi connectivity index (χ0n) is 27.9. The van der Waals surface area contributed by atoms with E-state index >= 15 is 0 Å². The van der Waals surface area contributed by atoms with Crippen LogP contribution in [0.15, 0.2) is 121 Å². The molecular formula is C46H50. The van der Waals surface area contributed by atoms with E-state index in [1.54, 1.807) is 0 Å². The molecule has 0 aliphatic carbocycles. The molecule has 0 nitrogen and oxygen atoms in total. The molecule has 5 aromatic rings. The summed E-state index contributed by atoms with van der Waals surface area (Å²) >= 11 is 0. The lowest BCUT2D eigenvalue weighted by Gasteiger charge is -2.05. The van der Waals surface area contributed by atoms with Gasteiger partial charge in [-0.1, -0.05) is 174 Å². The SMILES string of the molecule is CCCCCCc1ccc(/C=C/C=C/c2ccc3cc4cc(/C=C/C=C/c5ccc(CCCCCC)cc5)ccc4cc3c2)cc1. The molecule has 0 saturated heterocycles. The third-order valence-electron chi connectivity index (χ3n) is 8.82. The van der Waals surface area contributed by atoms with Crippen LogP contribution in [0.1, 0.15) is 98.6 Å². The monoisotopic (exact) mass is 602 g/mol. The van der Waals surface area contributed by atoms with Gasteiger partial charge < -0.3 is 0 Å². The van der Waals surface area contributed by atoms with Crippen LogP contribution in [0.3, 0.4) is 0 Å². The molecule has 0 atom stereocenters. The Morgan fingerprint density at radius 3 is 1.11 bits per heavy atom. The van der Waals surface area contributed by atoms with E-state index in [-0.39, 0.29) is 0 Å². The van der Waals surface area contributed by atoms with E-state index in [2.05, 4.69) is 160 Å². The van der Waals surface area contributed by atoms with Crippen LogP contribution in [0, 0.1) is 0 Å². The van der Waals surface area contributed by atoms with Crippen LogP contribution in [0.25, 0.3) is 45.8 Å². The van der Waals surface area contributed by atoms with Gasteiger partial charge in [0, 0.05) is 0 Å². The highest BCUT2D eigenvalue weighted by molar-refractivity contribution is 5.99. The number of allylic oxidation sites excluding steroid dienone is 4. The molecule has 0 unspecified atom stereocenters. The van der Waals surface area contributed by atoms with Crippen molar-refractivity contribution in [2.75, 3.05) is 0 Å². The van der Waals surface area contributed by atoms with Gasteiger partial charge in [-0.3, -0.25) is 0 Å². The summed E-state index contributed by atoms with van der Waals surface area (Å²) in [5.74, 6) is 0. The average Bonchev–Trinajstić information content (AvgIpc) is 3.09. The largest absolute Gasteiger partial charge is 0.0654 e. The van der Waals surface area contributed by atoms with E-state index < -0.39 is 0 Å². The molecule has 0 spiro atoms. The zero-order valence-corrected chi connectivity index (χ0v) is 27.9. The molecule has 0 fully saturated rings. The van der Waals surface area contributed by atoms with E-state index in [1.807, 2.05) is 0 Å². The highest BCUT2D eigenvalue weighted by atomic mass is 14.1. The van der Waals surface area contributed by atoms with Crippen molar-refractivity contribution in [3.63, 3.8) is 0 Å². The maximum atomic E-state index is 2.31. The van der Waals surface area contributed by atoms with Gasteiger partial charge in [-0.05, 0) is 105 Å². The highest BCUT2D eigenvalue weighted by Gasteiger charge is 2.01. The predicted octanol–water partition coefficient (Wildman–Crippen LogP) is 13.7. The molecule has 46 heavy (non-hydrogen) atoms. The molecule has 0 aliphatic rings. The molecule has 0 saturated carbocycles. The lowest BCUT2D eigenvalue weighted by Crippen LogP contribution is -1.85. The quantitative estimate of drug-likeness (QED) is 0.0599. The van der Waals surface area contributed by atoms with Crippen LogP contribution in [0.4, 0.5) is 0 Å². The Kier molecular flexibility index (Phi) is 12.8. The summed E-state index contributed by atoms with van der Waals surface area (Å²) in [4.78, 5) is 0. The van der Waals surface area contributed by atoms with Crippen LogP contribution < -0.4 is 0 Å². The van der Waals surface area contributed by atoms with Crippen molar-refractivity contribution in [3.8, 4) is 0 Å². The fraction of sp³-hybridized carbons (Fsp3) is 0.261. The second-order valence-corrected chi connectivity index (χ2v) is 12.6. The van der Waals surface area contributed by atoms with Crippen molar-refractivity contribution < 1.29 is 0 Å². The summed E-state index contributed by atoms with van der Waals surface area (Å²) in [7, 11) is 0. The molecule has 234 valence electrons. The molecule has 0 radical (unpaired) electrons. The second-order valence-electron chi connectivity index (χ2n) is 12.6. The predicted molar refractivity (Wildman–Crippen MR) is 206 cm³/mol. The minimum Gasteiger partial charge on any atom is -0.0654 e. The van der Waals surface area contributed by atoms with Gasteiger partial charge in [0.05, 0.1) is 0 Å². The maximum absolute atomic E-state index is 2.31. The summed E-state index contributed by atoms with van der Waals surface area (Å²) in [6.45, 7) is 4.53. The van der Waals surface area contributed by atoms with Crippen molar-refractivity contribution >= 4 is 45.8 Å². The van der Waals surface area contributed by atoms with Gasteiger partial charge >= 0.3 is 0 Å². The van der Waals surface area contributed by atoms with Gasteiger partial charge in [-0.2, -0.15) is 0 Å². The van der Waals surface area contributed by atoms with Gasteiger partial charge in [-0.25, -0.2) is 0 Å². The first-order valence-corrected chi connectivity index (χ1v) is 17.5. The first kappa shape index (κ1) is 33.0. The fourth-order valence-corrected chi connectivity index (χ4v) is 6.01. The van der Waals surface area contributed by atoms with Crippen LogP contribution in [-0.2, 0) is 12.8 Å². The van der Waals surface area contributed by atoms with Crippen molar-refractivity contribution in [1.29, 1.82) is 0 Å². The van der Waals surface area contributed by atoms with Gasteiger partial charge in [-0.15, -0.1) is 0 Å². The number of hydrogen-bond donors (Lipinski definition) is 0. The molecule has 5 rings (SSSR count). The molecule has 5 aromatic carbocycles. The Morgan fingerprint density at radius 1 is 0.348 bits per heavy atom. The van der Waals surface area contributed by atoms with Crippen LogP contribution in [0.5, 0.6) is 0 Å². The van der Waals surface area contributed by atoms with E-state index in [0.717, 1.165) is 0 Å². The van der Waals surface area contributed by atoms with Crippen molar-refractivity contribution in [2.24, 2.45) is 0 Å². The first-order valence-electron chi connectivity index (χ1n) is 17.5. The average molecular weight is 603 g/mol. The Morgan fingerprint density at radius 2 is 0.717 bits per heavy atom. The van der Waals surface area contributed by atoms with Crippen LogP contribution >= 0.6 is 0 Å². The van der Waals surface area contributed by atoms with E-state index in [9.17, 15) is 0 Å². The minimum absolute atomic E-state index is 1.19. The standard InChI is InChI=1S/C46H50/c1-3-5-7-9-15-37-21-25-39(26-22-37)17-11-13-19-41-29-31-43-36-46-34-42(30-32-44(46)35-45(43)33-41)20-14-12-18-40-27-23-38(24-28-40)16-10-8-6-4-2/h11-14,17-36H,3-10,15-16H2,1-2H3/b17-11+,18-12+,19-13+,20-14+. The van der Waals surface area contributed by atoms with Crippen LogP contribution in [0.2, 0.25) is 0 Å². The van der Waals surface area contributed by atoms with Crippen LogP contribution in [-0.4, -0.2) is 0 Å². The molecule has 0 N–H and O–H groups in total. The Bertz CT molecular complexity index is 1640. The molecule has 0 bridgehead atoms. The lowest BCUT2D eigenvalue weighted by atomic mass is 10.00. The maximum Gasteiger partial charge on any atom is -0.0172 e. The number of rotatable bonds is 16. The smallest absolute Gasteiger partial charge is 0.0172 e. The third-order valence-corrected chi connectivity index (χ3v) is 8.82. The van der Waals surface area contributed by atoms with Gasteiger partial charge in [0.1, 0.15) is 0 Å². The number of unbranched alkanes of at least 4 members (excludes halogenated alkanes) is 6. The van der Waals surface area contributed by atoms with Crippen molar-refractivity contribution in [3.05, 3.63) is 155 Å². The second kappa shape index (κ2) is 17.9. The molecule has 0 heteroatoms. The summed E-state index contributed by atoms with van der Waals surface area (Å²) in [5.41, 5.74) is 7.81. The van der Waals surface area contributed by atoms with Gasteiger partial charge in [0.2, 0.25) is 0 Å². The lowest BCUT2D eigenvalue weighted by molar-refractivity contribution is 0.667.